The zero-order valence-electron chi connectivity index (χ0n) is 11.7. The van der Waals surface area contributed by atoms with Crippen molar-refractivity contribution in [2.75, 3.05) is 0 Å². The zero-order valence-corrected chi connectivity index (χ0v) is 12.6. The van der Waals surface area contributed by atoms with E-state index in [9.17, 15) is 15.2 Å². The van der Waals surface area contributed by atoms with Crippen molar-refractivity contribution in [2.45, 2.75) is 10.9 Å². The van der Waals surface area contributed by atoms with E-state index in [1.165, 1.54) is 23.9 Å². The standard InChI is InChI=1S/C14H11N5O3S/c20-13-7-5-11(6-8-13)18-14(15-16-17-18)23-9-10-1-3-12(4-2-10)19(21)22/h1-8,20H,9H2. The van der Waals surface area contributed by atoms with Crippen LogP contribution in [0.2, 0.25) is 0 Å². The average Bonchev–Trinajstić information content (AvgIpc) is 3.02. The van der Waals surface area contributed by atoms with Gasteiger partial charge in [0.1, 0.15) is 5.75 Å². The summed E-state index contributed by atoms with van der Waals surface area (Å²) in [5.74, 6) is 0.748. The van der Waals surface area contributed by atoms with Crippen LogP contribution in [0.1, 0.15) is 5.56 Å². The Hall–Kier alpha value is -2.94. The summed E-state index contributed by atoms with van der Waals surface area (Å²) in [6, 6.07) is 12.9. The van der Waals surface area contributed by atoms with E-state index in [1.807, 2.05) is 0 Å². The third kappa shape index (κ3) is 3.46. The lowest BCUT2D eigenvalue weighted by Gasteiger charge is -2.04. The Morgan fingerprint density at radius 2 is 1.83 bits per heavy atom. The molecule has 0 saturated heterocycles. The average molecular weight is 329 g/mol. The summed E-state index contributed by atoms with van der Waals surface area (Å²) in [5, 5.41) is 32.1. The number of aromatic hydroxyl groups is 1. The van der Waals surface area contributed by atoms with Crippen molar-refractivity contribution in [3.63, 3.8) is 0 Å². The summed E-state index contributed by atoms with van der Waals surface area (Å²) in [7, 11) is 0. The molecule has 0 atom stereocenters. The third-order valence-electron chi connectivity index (χ3n) is 3.05. The maximum absolute atomic E-state index is 10.6. The van der Waals surface area contributed by atoms with E-state index in [0.717, 1.165) is 11.3 Å². The first-order valence-corrected chi connectivity index (χ1v) is 7.56. The van der Waals surface area contributed by atoms with E-state index in [4.69, 9.17) is 0 Å². The van der Waals surface area contributed by atoms with Crippen LogP contribution in [0.25, 0.3) is 5.69 Å². The number of hydrogen-bond acceptors (Lipinski definition) is 7. The van der Waals surface area contributed by atoms with Gasteiger partial charge in [0, 0.05) is 17.9 Å². The molecule has 8 nitrogen and oxygen atoms in total. The van der Waals surface area contributed by atoms with E-state index in [0.29, 0.717) is 10.9 Å². The predicted molar refractivity (Wildman–Crippen MR) is 83.5 cm³/mol. The largest absolute Gasteiger partial charge is 0.508 e. The molecule has 0 saturated carbocycles. The van der Waals surface area contributed by atoms with Crippen LogP contribution in [-0.4, -0.2) is 30.2 Å². The summed E-state index contributed by atoms with van der Waals surface area (Å²) < 4.78 is 1.56. The van der Waals surface area contributed by atoms with Gasteiger partial charge in [-0.2, -0.15) is 4.68 Å². The molecule has 1 heterocycles. The van der Waals surface area contributed by atoms with Crippen molar-refractivity contribution in [3.05, 3.63) is 64.2 Å². The molecule has 0 aliphatic rings. The Morgan fingerprint density at radius 1 is 1.13 bits per heavy atom. The number of aromatic nitrogens is 4. The molecule has 0 unspecified atom stereocenters. The Balaban J connectivity index is 1.73. The molecule has 0 amide bonds. The van der Waals surface area contributed by atoms with Crippen molar-refractivity contribution in [3.8, 4) is 11.4 Å². The lowest BCUT2D eigenvalue weighted by Crippen LogP contribution is -1.98. The molecule has 0 radical (unpaired) electrons. The minimum absolute atomic E-state index is 0.0627. The Morgan fingerprint density at radius 3 is 2.48 bits per heavy atom. The highest BCUT2D eigenvalue weighted by Crippen LogP contribution is 2.24. The van der Waals surface area contributed by atoms with Crippen LogP contribution in [0, 0.1) is 10.1 Å². The second kappa shape index (κ2) is 6.44. The molecule has 1 N–H and O–H groups in total. The van der Waals surface area contributed by atoms with E-state index >= 15 is 0 Å². The lowest BCUT2D eigenvalue weighted by atomic mass is 10.2. The quantitative estimate of drug-likeness (QED) is 0.435. The van der Waals surface area contributed by atoms with Gasteiger partial charge in [-0.3, -0.25) is 10.1 Å². The highest BCUT2D eigenvalue weighted by molar-refractivity contribution is 7.98. The molecule has 0 aliphatic heterocycles. The van der Waals surface area contributed by atoms with Crippen LogP contribution in [0.3, 0.4) is 0 Å². The molecule has 1 aromatic heterocycles. The number of thioether (sulfide) groups is 1. The molecule has 0 aliphatic carbocycles. The number of phenolic OH excluding ortho intramolecular Hbond substituents is 1. The smallest absolute Gasteiger partial charge is 0.269 e. The van der Waals surface area contributed by atoms with Gasteiger partial charge in [0.15, 0.2) is 0 Å². The van der Waals surface area contributed by atoms with Gasteiger partial charge in [0.05, 0.1) is 10.6 Å². The number of hydrogen-bond donors (Lipinski definition) is 1. The van der Waals surface area contributed by atoms with E-state index < -0.39 is 4.92 Å². The number of rotatable bonds is 5. The summed E-state index contributed by atoms with van der Waals surface area (Å²) in [4.78, 5) is 10.2. The maximum Gasteiger partial charge on any atom is 0.269 e. The molecule has 2 aromatic carbocycles. The van der Waals surface area contributed by atoms with Crippen LogP contribution in [0.4, 0.5) is 5.69 Å². The number of phenols is 1. The first kappa shape index (κ1) is 15.0. The van der Waals surface area contributed by atoms with Crippen LogP contribution in [0.15, 0.2) is 53.7 Å². The van der Waals surface area contributed by atoms with Gasteiger partial charge < -0.3 is 5.11 Å². The second-order valence-electron chi connectivity index (χ2n) is 4.60. The fourth-order valence-corrected chi connectivity index (χ4v) is 2.73. The Bertz CT molecular complexity index is 817. The van der Waals surface area contributed by atoms with Gasteiger partial charge in [-0.15, -0.1) is 5.10 Å². The number of nitro groups is 1. The minimum Gasteiger partial charge on any atom is -0.508 e. The molecule has 116 valence electrons. The summed E-state index contributed by atoms with van der Waals surface area (Å²) in [6.07, 6.45) is 0. The van der Waals surface area contributed by atoms with Gasteiger partial charge in [0.25, 0.3) is 5.69 Å². The number of tetrazole rings is 1. The van der Waals surface area contributed by atoms with E-state index in [2.05, 4.69) is 15.5 Å². The molecule has 0 spiro atoms. The summed E-state index contributed by atoms with van der Waals surface area (Å²) in [6.45, 7) is 0. The second-order valence-corrected chi connectivity index (χ2v) is 5.54. The first-order chi connectivity index (χ1) is 11.1. The molecular weight excluding hydrogens is 318 g/mol. The van der Waals surface area contributed by atoms with Crippen molar-refractivity contribution in [1.29, 1.82) is 0 Å². The molecule has 9 heteroatoms. The Kier molecular flexibility index (Phi) is 4.20. The topological polar surface area (TPSA) is 107 Å². The molecular formula is C14H11N5O3S. The van der Waals surface area contributed by atoms with Crippen molar-refractivity contribution in [1.82, 2.24) is 20.2 Å². The summed E-state index contributed by atoms with van der Waals surface area (Å²) >= 11 is 1.41. The molecule has 0 bridgehead atoms. The summed E-state index contributed by atoms with van der Waals surface area (Å²) in [5.41, 5.74) is 1.73. The zero-order chi connectivity index (χ0) is 16.2. The lowest BCUT2D eigenvalue weighted by molar-refractivity contribution is -0.384. The van der Waals surface area contributed by atoms with Gasteiger partial charge in [-0.05, 0) is 40.3 Å². The van der Waals surface area contributed by atoms with Crippen molar-refractivity contribution in [2.24, 2.45) is 0 Å². The first-order valence-electron chi connectivity index (χ1n) is 6.57. The number of nitro benzene ring substituents is 1. The molecule has 0 fully saturated rings. The maximum atomic E-state index is 10.6. The predicted octanol–water partition coefficient (Wildman–Crippen LogP) is 2.57. The molecule has 23 heavy (non-hydrogen) atoms. The van der Waals surface area contributed by atoms with Gasteiger partial charge in [-0.25, -0.2) is 0 Å². The number of nitrogens with zero attached hydrogens (tertiary/aromatic N) is 5. The molecule has 3 rings (SSSR count). The van der Waals surface area contributed by atoms with E-state index in [1.54, 1.807) is 41.1 Å². The van der Waals surface area contributed by atoms with Gasteiger partial charge in [-0.1, -0.05) is 23.9 Å². The van der Waals surface area contributed by atoms with Crippen LogP contribution in [-0.2, 0) is 5.75 Å². The highest BCUT2D eigenvalue weighted by atomic mass is 32.2. The van der Waals surface area contributed by atoms with Crippen LogP contribution >= 0.6 is 11.8 Å². The van der Waals surface area contributed by atoms with Crippen molar-refractivity contribution >= 4 is 17.4 Å². The Labute approximate surface area is 134 Å². The monoisotopic (exact) mass is 329 g/mol. The number of benzene rings is 2. The minimum atomic E-state index is -0.428. The normalized spacial score (nSPS) is 10.6. The highest BCUT2D eigenvalue weighted by Gasteiger charge is 2.10. The molecule has 3 aromatic rings. The van der Waals surface area contributed by atoms with Gasteiger partial charge in [0.2, 0.25) is 5.16 Å². The van der Waals surface area contributed by atoms with Crippen molar-refractivity contribution < 1.29 is 10.0 Å². The van der Waals surface area contributed by atoms with Crippen LogP contribution < -0.4 is 0 Å². The fraction of sp³-hybridized carbons (Fsp3) is 0.0714. The van der Waals surface area contributed by atoms with E-state index in [-0.39, 0.29) is 11.4 Å². The fourth-order valence-electron chi connectivity index (χ4n) is 1.89. The van der Waals surface area contributed by atoms with Gasteiger partial charge >= 0.3 is 0 Å². The number of non-ortho nitro benzene ring substituents is 1. The van der Waals surface area contributed by atoms with Crippen LogP contribution in [0.5, 0.6) is 5.75 Å². The SMILES string of the molecule is O=[N+]([O-])c1ccc(CSc2nnnn2-c2ccc(O)cc2)cc1. The third-order valence-corrected chi connectivity index (χ3v) is 4.04.